The molecule has 10 rings (SSSR count). The van der Waals surface area contributed by atoms with Crippen molar-refractivity contribution in [3.05, 3.63) is 182 Å². The number of rotatable bonds is 4. The summed E-state index contributed by atoms with van der Waals surface area (Å²) in [5.41, 5.74) is 11.2. The van der Waals surface area contributed by atoms with Crippen LogP contribution in [0, 0.1) is 0 Å². The number of para-hydroxylation sites is 1. The zero-order valence-electron chi connectivity index (χ0n) is 26.7. The molecule has 0 aliphatic carbocycles. The van der Waals surface area contributed by atoms with Crippen molar-refractivity contribution in [1.82, 2.24) is 0 Å². The van der Waals surface area contributed by atoms with Crippen LogP contribution in [0.1, 0.15) is 0 Å². The van der Waals surface area contributed by atoms with Gasteiger partial charge in [0.25, 0.3) is 0 Å². The first-order valence-electron chi connectivity index (χ1n) is 16.8. The lowest BCUT2D eigenvalue weighted by molar-refractivity contribution is 0.670. The summed E-state index contributed by atoms with van der Waals surface area (Å²) in [5, 5.41) is 9.88. The Morgan fingerprint density at radius 3 is 1.41 bits per heavy atom. The van der Waals surface area contributed by atoms with Gasteiger partial charge in [-0.3, -0.25) is 0 Å². The summed E-state index contributed by atoms with van der Waals surface area (Å²) in [6.07, 6.45) is 0. The molecule has 228 valence electrons. The van der Waals surface area contributed by atoms with E-state index >= 15 is 0 Å². The number of benzene rings is 9. The molecule has 1 nitrogen and oxygen atoms in total. The summed E-state index contributed by atoms with van der Waals surface area (Å²) in [4.78, 5) is 0. The van der Waals surface area contributed by atoms with Gasteiger partial charge < -0.3 is 4.42 Å². The predicted molar refractivity (Wildman–Crippen MR) is 208 cm³/mol. The molecule has 0 unspecified atom stereocenters. The molecule has 1 aromatic heterocycles. The van der Waals surface area contributed by atoms with Gasteiger partial charge in [-0.1, -0.05) is 152 Å². The van der Waals surface area contributed by atoms with Crippen molar-refractivity contribution in [2.75, 3.05) is 0 Å². The Morgan fingerprint density at radius 2 is 0.714 bits per heavy atom. The Hall–Kier alpha value is -6.44. The van der Waals surface area contributed by atoms with Gasteiger partial charge in [-0.25, -0.2) is 0 Å². The normalized spacial score (nSPS) is 11.7. The van der Waals surface area contributed by atoms with Crippen LogP contribution >= 0.6 is 0 Å². The summed E-state index contributed by atoms with van der Waals surface area (Å²) >= 11 is 0. The van der Waals surface area contributed by atoms with Crippen molar-refractivity contribution < 1.29 is 4.42 Å². The van der Waals surface area contributed by atoms with E-state index in [1.165, 1.54) is 65.7 Å². The van der Waals surface area contributed by atoms with Gasteiger partial charge in [-0.2, -0.15) is 0 Å². The highest BCUT2D eigenvalue weighted by molar-refractivity contribution is 6.26. The second-order valence-corrected chi connectivity index (χ2v) is 12.9. The molecule has 0 atom stereocenters. The molecule has 0 radical (unpaired) electrons. The monoisotopic (exact) mass is 622 g/mol. The fourth-order valence-corrected chi connectivity index (χ4v) is 7.65. The van der Waals surface area contributed by atoms with Crippen molar-refractivity contribution in [2.45, 2.75) is 0 Å². The highest BCUT2D eigenvalue weighted by atomic mass is 16.3. The quantitative estimate of drug-likeness (QED) is 0.178. The predicted octanol–water partition coefficient (Wildman–Crippen LogP) is 13.7. The maximum Gasteiger partial charge on any atom is 0.143 e. The molecular formula is C48H30O. The molecule has 0 N–H and O–H groups in total. The van der Waals surface area contributed by atoms with E-state index < -0.39 is 0 Å². The van der Waals surface area contributed by atoms with Crippen molar-refractivity contribution >= 4 is 54.3 Å². The lowest BCUT2D eigenvalue weighted by Crippen LogP contribution is -1.87. The molecule has 0 spiro atoms. The van der Waals surface area contributed by atoms with Crippen LogP contribution in [0.5, 0.6) is 0 Å². The maximum absolute atomic E-state index is 6.64. The lowest BCUT2D eigenvalue weighted by Gasteiger charge is -2.13. The van der Waals surface area contributed by atoms with E-state index in [1.54, 1.807) is 0 Å². The topological polar surface area (TPSA) is 13.1 Å². The van der Waals surface area contributed by atoms with Crippen molar-refractivity contribution in [2.24, 2.45) is 0 Å². The Bertz CT molecular complexity index is 2820. The van der Waals surface area contributed by atoms with Crippen LogP contribution in [-0.2, 0) is 0 Å². The number of fused-ring (bicyclic) bond motifs is 9. The fraction of sp³-hybridized carbons (Fsp3) is 0. The van der Waals surface area contributed by atoms with Gasteiger partial charge >= 0.3 is 0 Å². The van der Waals surface area contributed by atoms with Crippen LogP contribution in [0.15, 0.2) is 186 Å². The smallest absolute Gasteiger partial charge is 0.143 e. The van der Waals surface area contributed by atoms with Crippen LogP contribution in [0.2, 0.25) is 0 Å². The second kappa shape index (κ2) is 11.1. The molecule has 0 fully saturated rings. The summed E-state index contributed by atoms with van der Waals surface area (Å²) < 4.78 is 6.64. The summed E-state index contributed by atoms with van der Waals surface area (Å²) in [5.74, 6) is 0. The van der Waals surface area contributed by atoms with E-state index in [4.69, 9.17) is 4.42 Å². The average Bonchev–Trinajstić information content (AvgIpc) is 3.57. The molecule has 0 aliphatic rings. The van der Waals surface area contributed by atoms with E-state index in [0.29, 0.717) is 0 Å². The number of furan rings is 1. The molecule has 49 heavy (non-hydrogen) atoms. The van der Waals surface area contributed by atoms with E-state index in [1.807, 2.05) is 6.07 Å². The number of hydrogen-bond acceptors (Lipinski definition) is 1. The van der Waals surface area contributed by atoms with Crippen LogP contribution < -0.4 is 0 Å². The van der Waals surface area contributed by atoms with E-state index in [-0.39, 0.29) is 0 Å². The molecule has 0 saturated carbocycles. The van der Waals surface area contributed by atoms with Gasteiger partial charge in [0.15, 0.2) is 0 Å². The third kappa shape index (κ3) is 4.55. The molecule has 0 saturated heterocycles. The maximum atomic E-state index is 6.64. The molecular weight excluding hydrogens is 593 g/mol. The van der Waals surface area contributed by atoms with Crippen LogP contribution in [0.3, 0.4) is 0 Å². The molecule has 0 aliphatic heterocycles. The minimum absolute atomic E-state index is 0.903. The summed E-state index contributed by atoms with van der Waals surface area (Å²) in [6, 6.07) is 65.7. The van der Waals surface area contributed by atoms with Crippen molar-refractivity contribution in [3.63, 3.8) is 0 Å². The molecule has 0 amide bonds. The zero-order valence-corrected chi connectivity index (χ0v) is 26.7. The van der Waals surface area contributed by atoms with Gasteiger partial charge in [0.2, 0.25) is 0 Å². The summed E-state index contributed by atoms with van der Waals surface area (Å²) in [6.45, 7) is 0. The Morgan fingerprint density at radius 1 is 0.245 bits per heavy atom. The fourth-order valence-electron chi connectivity index (χ4n) is 7.65. The molecule has 0 bridgehead atoms. The van der Waals surface area contributed by atoms with E-state index in [9.17, 15) is 0 Å². The van der Waals surface area contributed by atoms with Gasteiger partial charge in [0.1, 0.15) is 11.2 Å². The Kier molecular flexibility index (Phi) is 6.25. The molecule has 1 heteroatoms. The Balaban J connectivity index is 1.16. The first kappa shape index (κ1) is 27.7. The van der Waals surface area contributed by atoms with E-state index in [2.05, 4.69) is 176 Å². The van der Waals surface area contributed by atoms with Crippen molar-refractivity contribution in [3.8, 4) is 44.5 Å². The minimum Gasteiger partial charge on any atom is -0.455 e. The SMILES string of the molecule is c1ccc(-c2ccc(-c3cccc(-c4cc(-c5ccc6c7ccccc7c7ccccc7c6c5)c5oc6ccccc6c5c4)c3)cc2)cc1. The molecule has 10 aromatic rings. The summed E-state index contributed by atoms with van der Waals surface area (Å²) in [7, 11) is 0. The van der Waals surface area contributed by atoms with Crippen LogP contribution in [0.25, 0.3) is 98.8 Å². The van der Waals surface area contributed by atoms with Crippen LogP contribution in [0.4, 0.5) is 0 Å². The number of hydrogen-bond donors (Lipinski definition) is 0. The first-order valence-corrected chi connectivity index (χ1v) is 16.8. The molecule has 1 heterocycles. The largest absolute Gasteiger partial charge is 0.455 e. The van der Waals surface area contributed by atoms with Crippen LogP contribution in [-0.4, -0.2) is 0 Å². The average molecular weight is 623 g/mol. The van der Waals surface area contributed by atoms with Gasteiger partial charge in [0, 0.05) is 16.3 Å². The third-order valence-corrected chi connectivity index (χ3v) is 10.1. The van der Waals surface area contributed by atoms with E-state index in [0.717, 1.165) is 33.1 Å². The van der Waals surface area contributed by atoms with Gasteiger partial charge in [-0.05, 0) is 102 Å². The van der Waals surface area contributed by atoms with Gasteiger partial charge in [0.05, 0.1) is 0 Å². The minimum atomic E-state index is 0.903. The lowest BCUT2D eigenvalue weighted by atomic mass is 9.90. The standard InChI is InChI=1S/C48H30O/c1-2-11-31(12-3-1)32-21-23-33(24-22-32)34-13-10-14-35(27-34)37-29-44(48-46(30-37)43-19-8-9-20-47(43)49-48)36-25-26-42-40-17-5-4-15-38(40)39-16-6-7-18-41(39)45(42)28-36/h1-30H. The highest BCUT2D eigenvalue weighted by Crippen LogP contribution is 2.43. The van der Waals surface area contributed by atoms with Gasteiger partial charge in [-0.15, -0.1) is 0 Å². The Labute approximate surface area is 284 Å². The first-order chi connectivity index (χ1) is 24.3. The zero-order chi connectivity index (χ0) is 32.3. The highest BCUT2D eigenvalue weighted by Gasteiger charge is 2.17. The second-order valence-electron chi connectivity index (χ2n) is 12.9. The molecule has 9 aromatic carbocycles. The third-order valence-electron chi connectivity index (χ3n) is 10.1. The van der Waals surface area contributed by atoms with Crippen molar-refractivity contribution in [1.29, 1.82) is 0 Å².